The number of hydrogen-bond donors (Lipinski definition) is 0. The van der Waals surface area contributed by atoms with Gasteiger partial charge in [-0.2, -0.15) is 0 Å². The summed E-state index contributed by atoms with van der Waals surface area (Å²) in [7, 11) is 0. The summed E-state index contributed by atoms with van der Waals surface area (Å²) in [4.78, 5) is 44.5. The minimum atomic E-state index is -0.282. The molecule has 3 saturated heterocycles. The minimum absolute atomic E-state index is 0.0328. The van der Waals surface area contributed by atoms with E-state index in [0.717, 1.165) is 56.4 Å². The topological polar surface area (TPSA) is 60.9 Å². The average Bonchev–Trinajstić information content (AvgIpc) is 3.01. The average molecular weight is 426 g/mol. The zero-order chi connectivity index (χ0) is 21.8. The molecule has 3 aliphatic heterocycles. The lowest BCUT2D eigenvalue weighted by atomic mass is 9.94. The molecule has 31 heavy (non-hydrogen) atoms. The molecule has 3 fully saturated rings. The van der Waals surface area contributed by atoms with Gasteiger partial charge in [0, 0.05) is 50.7 Å². The fourth-order valence-electron chi connectivity index (χ4n) is 5.33. The molecule has 0 aliphatic carbocycles. The summed E-state index contributed by atoms with van der Waals surface area (Å²) in [6.07, 6.45) is 7.27. The van der Waals surface area contributed by atoms with E-state index < -0.39 is 0 Å². The molecule has 0 saturated carbocycles. The maximum absolute atomic E-state index is 13.2. The Bertz CT molecular complexity index is 808. The molecule has 6 heteroatoms. The van der Waals surface area contributed by atoms with E-state index in [2.05, 4.69) is 6.92 Å². The van der Waals surface area contributed by atoms with Crippen LogP contribution in [0.2, 0.25) is 0 Å². The Morgan fingerprint density at radius 1 is 0.871 bits per heavy atom. The van der Waals surface area contributed by atoms with Gasteiger partial charge < -0.3 is 14.7 Å². The Morgan fingerprint density at radius 2 is 1.48 bits per heavy atom. The van der Waals surface area contributed by atoms with Crippen molar-refractivity contribution in [3.63, 3.8) is 0 Å². The third kappa shape index (κ3) is 4.78. The molecule has 3 amide bonds. The van der Waals surface area contributed by atoms with Crippen molar-refractivity contribution in [2.75, 3.05) is 37.6 Å². The third-order valence-electron chi connectivity index (χ3n) is 7.21. The van der Waals surface area contributed by atoms with Crippen molar-refractivity contribution >= 4 is 23.4 Å². The Morgan fingerprint density at radius 3 is 2.16 bits per heavy atom. The fourth-order valence-corrected chi connectivity index (χ4v) is 5.33. The first-order valence-corrected chi connectivity index (χ1v) is 12.0. The Labute approximate surface area is 185 Å². The zero-order valence-corrected chi connectivity index (χ0v) is 18.7. The van der Waals surface area contributed by atoms with Crippen LogP contribution in [0.25, 0.3) is 0 Å². The number of piperidine rings is 1. The molecule has 1 aromatic carbocycles. The summed E-state index contributed by atoms with van der Waals surface area (Å²) >= 11 is 0. The van der Waals surface area contributed by atoms with Crippen LogP contribution >= 0.6 is 0 Å². The molecule has 6 nitrogen and oxygen atoms in total. The van der Waals surface area contributed by atoms with Crippen molar-refractivity contribution < 1.29 is 14.4 Å². The summed E-state index contributed by atoms with van der Waals surface area (Å²) in [5, 5.41) is 0. The molecule has 3 aliphatic rings. The number of likely N-dealkylation sites (tertiary alicyclic amines) is 2. The quantitative estimate of drug-likeness (QED) is 0.744. The van der Waals surface area contributed by atoms with Gasteiger partial charge in [-0.05, 0) is 43.7 Å². The van der Waals surface area contributed by atoms with E-state index in [1.807, 2.05) is 34.1 Å². The van der Waals surface area contributed by atoms with Gasteiger partial charge in [-0.3, -0.25) is 14.4 Å². The van der Waals surface area contributed by atoms with Crippen molar-refractivity contribution in [2.45, 2.75) is 58.3 Å². The van der Waals surface area contributed by atoms with Crippen LogP contribution in [-0.4, -0.2) is 60.2 Å². The van der Waals surface area contributed by atoms with Gasteiger partial charge in [0.25, 0.3) is 0 Å². The number of rotatable bonds is 4. The first-order valence-electron chi connectivity index (χ1n) is 12.0. The van der Waals surface area contributed by atoms with Gasteiger partial charge in [0.1, 0.15) is 0 Å². The largest absolute Gasteiger partial charge is 0.342 e. The SMILES string of the molecule is CCc1ccccc1N1CC(C(=O)N2CCC(C(=O)N3CCCCCC3)CC2)CC1=O. The second-order valence-corrected chi connectivity index (χ2v) is 9.23. The van der Waals surface area contributed by atoms with Crippen LogP contribution in [0.15, 0.2) is 24.3 Å². The van der Waals surface area contributed by atoms with Gasteiger partial charge >= 0.3 is 0 Å². The number of benzene rings is 1. The van der Waals surface area contributed by atoms with Gasteiger partial charge in [-0.25, -0.2) is 0 Å². The number of carbonyl (C=O) groups excluding carboxylic acids is 3. The van der Waals surface area contributed by atoms with Gasteiger partial charge in [-0.1, -0.05) is 38.0 Å². The zero-order valence-electron chi connectivity index (χ0n) is 18.7. The van der Waals surface area contributed by atoms with E-state index in [9.17, 15) is 14.4 Å². The number of nitrogens with zero attached hydrogens (tertiary/aromatic N) is 3. The molecular formula is C25H35N3O3. The van der Waals surface area contributed by atoms with Crippen LogP contribution in [0, 0.1) is 11.8 Å². The predicted octanol–water partition coefficient (Wildman–Crippen LogP) is 3.24. The molecule has 0 aromatic heterocycles. The second-order valence-electron chi connectivity index (χ2n) is 9.23. The summed E-state index contributed by atoms with van der Waals surface area (Å²) in [6.45, 7) is 5.56. The first-order chi connectivity index (χ1) is 15.1. The molecule has 1 unspecified atom stereocenters. The van der Waals surface area contributed by atoms with Crippen molar-refractivity contribution in [3.8, 4) is 0 Å². The molecule has 0 bridgehead atoms. The van der Waals surface area contributed by atoms with E-state index in [1.165, 1.54) is 12.8 Å². The molecule has 0 N–H and O–H groups in total. The van der Waals surface area contributed by atoms with Crippen molar-refractivity contribution in [1.82, 2.24) is 9.80 Å². The Kier molecular flexibility index (Phi) is 6.93. The summed E-state index contributed by atoms with van der Waals surface area (Å²) in [5.41, 5.74) is 2.07. The molecular weight excluding hydrogens is 390 g/mol. The fraction of sp³-hybridized carbons (Fsp3) is 0.640. The number of hydrogen-bond acceptors (Lipinski definition) is 3. The number of carbonyl (C=O) groups is 3. The van der Waals surface area contributed by atoms with Crippen LogP contribution in [0.4, 0.5) is 5.69 Å². The monoisotopic (exact) mass is 425 g/mol. The van der Waals surface area contributed by atoms with E-state index in [1.54, 1.807) is 4.90 Å². The lowest BCUT2D eigenvalue weighted by molar-refractivity contribution is -0.142. The lowest BCUT2D eigenvalue weighted by Gasteiger charge is -2.35. The molecule has 3 heterocycles. The van der Waals surface area contributed by atoms with Crippen LogP contribution in [0.5, 0.6) is 0 Å². The smallest absolute Gasteiger partial charge is 0.228 e. The Hall–Kier alpha value is -2.37. The molecule has 0 radical (unpaired) electrons. The highest BCUT2D eigenvalue weighted by atomic mass is 16.2. The van der Waals surface area contributed by atoms with Crippen LogP contribution in [0.1, 0.15) is 57.4 Å². The number of anilines is 1. The van der Waals surface area contributed by atoms with Crippen molar-refractivity contribution in [2.24, 2.45) is 11.8 Å². The number of aryl methyl sites for hydroxylation is 1. The standard InChI is InChI=1S/C25H35N3O3/c1-2-19-9-5-6-10-22(19)28-18-21(17-23(28)29)25(31)27-15-11-20(12-16-27)24(30)26-13-7-3-4-8-14-26/h5-6,9-10,20-21H,2-4,7-8,11-18H2,1H3. The molecule has 168 valence electrons. The molecule has 1 atom stereocenters. The second kappa shape index (κ2) is 9.84. The van der Waals surface area contributed by atoms with Crippen LogP contribution in [0.3, 0.4) is 0 Å². The van der Waals surface area contributed by atoms with Gasteiger partial charge in [0.15, 0.2) is 0 Å². The minimum Gasteiger partial charge on any atom is -0.342 e. The summed E-state index contributed by atoms with van der Waals surface area (Å²) < 4.78 is 0. The van der Waals surface area contributed by atoms with E-state index in [-0.39, 0.29) is 36.0 Å². The molecule has 0 spiro atoms. The highest BCUT2D eigenvalue weighted by Gasteiger charge is 2.39. The summed E-state index contributed by atoms with van der Waals surface area (Å²) in [5.74, 6) is 0.152. The predicted molar refractivity (Wildman–Crippen MR) is 121 cm³/mol. The van der Waals surface area contributed by atoms with Gasteiger partial charge in [-0.15, -0.1) is 0 Å². The first kappa shape index (κ1) is 21.8. The number of amides is 3. The van der Waals surface area contributed by atoms with Crippen molar-refractivity contribution in [1.29, 1.82) is 0 Å². The maximum atomic E-state index is 13.2. The van der Waals surface area contributed by atoms with E-state index >= 15 is 0 Å². The Balaban J connectivity index is 1.33. The van der Waals surface area contributed by atoms with E-state index in [4.69, 9.17) is 0 Å². The van der Waals surface area contributed by atoms with Gasteiger partial charge in [0.05, 0.1) is 5.92 Å². The lowest BCUT2D eigenvalue weighted by Crippen LogP contribution is -2.46. The maximum Gasteiger partial charge on any atom is 0.228 e. The van der Waals surface area contributed by atoms with Crippen LogP contribution < -0.4 is 4.90 Å². The summed E-state index contributed by atoms with van der Waals surface area (Å²) in [6, 6.07) is 7.96. The highest BCUT2D eigenvalue weighted by molar-refractivity contribution is 6.00. The normalized spacial score (nSPS) is 23.2. The van der Waals surface area contributed by atoms with Crippen molar-refractivity contribution in [3.05, 3.63) is 29.8 Å². The molecule has 4 rings (SSSR count). The van der Waals surface area contributed by atoms with Crippen LogP contribution in [-0.2, 0) is 20.8 Å². The number of para-hydroxylation sites is 1. The van der Waals surface area contributed by atoms with Gasteiger partial charge in [0.2, 0.25) is 17.7 Å². The third-order valence-corrected chi connectivity index (χ3v) is 7.21. The molecule has 1 aromatic rings. The highest BCUT2D eigenvalue weighted by Crippen LogP contribution is 2.30. The van der Waals surface area contributed by atoms with E-state index in [0.29, 0.717) is 19.6 Å².